The molecule has 0 aromatic rings. The van der Waals surface area contributed by atoms with Crippen molar-refractivity contribution < 1.29 is 0 Å². The van der Waals surface area contributed by atoms with Crippen LogP contribution in [0, 0.1) is 0 Å². The molecule has 0 aliphatic carbocycles. The van der Waals surface area contributed by atoms with Crippen LogP contribution in [0.2, 0.25) is 0 Å². The fourth-order valence-electron chi connectivity index (χ4n) is 1.43. The largest absolute Gasteiger partial charge is 0.330 e. The van der Waals surface area contributed by atoms with Crippen LogP contribution in [0.15, 0.2) is 0 Å². The SMILES string of the molecule is NCCCN[C@H]1CCCNC1. The van der Waals surface area contributed by atoms with E-state index >= 15 is 0 Å². The molecular formula is C8H19N3. The van der Waals surface area contributed by atoms with E-state index < -0.39 is 0 Å². The van der Waals surface area contributed by atoms with Gasteiger partial charge in [-0.15, -0.1) is 0 Å². The van der Waals surface area contributed by atoms with Crippen molar-refractivity contribution in [3.63, 3.8) is 0 Å². The first-order valence-electron chi connectivity index (χ1n) is 4.57. The molecule has 1 heterocycles. The topological polar surface area (TPSA) is 50.1 Å². The van der Waals surface area contributed by atoms with E-state index in [1.165, 1.54) is 19.4 Å². The molecule has 3 heteroatoms. The Bertz CT molecular complexity index is 89.3. The Balaban J connectivity index is 1.96. The van der Waals surface area contributed by atoms with E-state index in [-0.39, 0.29) is 0 Å². The Morgan fingerprint density at radius 1 is 1.55 bits per heavy atom. The molecule has 1 aliphatic heterocycles. The van der Waals surface area contributed by atoms with Gasteiger partial charge in [-0.05, 0) is 38.9 Å². The molecule has 1 saturated heterocycles. The van der Waals surface area contributed by atoms with Gasteiger partial charge in [-0.25, -0.2) is 0 Å². The molecule has 1 fully saturated rings. The van der Waals surface area contributed by atoms with Crippen molar-refractivity contribution in [2.75, 3.05) is 26.2 Å². The molecule has 0 aromatic carbocycles. The maximum atomic E-state index is 5.39. The van der Waals surface area contributed by atoms with Crippen molar-refractivity contribution in [2.45, 2.75) is 25.3 Å². The van der Waals surface area contributed by atoms with Gasteiger partial charge in [0.05, 0.1) is 0 Å². The second-order valence-electron chi connectivity index (χ2n) is 3.14. The molecule has 0 bridgehead atoms. The predicted molar refractivity (Wildman–Crippen MR) is 47.6 cm³/mol. The van der Waals surface area contributed by atoms with E-state index in [4.69, 9.17) is 5.73 Å². The van der Waals surface area contributed by atoms with Crippen LogP contribution in [0.1, 0.15) is 19.3 Å². The number of piperidine rings is 1. The summed E-state index contributed by atoms with van der Waals surface area (Å²) in [6.45, 7) is 4.19. The molecule has 0 aromatic heterocycles. The van der Waals surface area contributed by atoms with E-state index in [2.05, 4.69) is 10.6 Å². The zero-order valence-electron chi connectivity index (χ0n) is 7.10. The number of hydrogen-bond donors (Lipinski definition) is 3. The maximum Gasteiger partial charge on any atom is 0.0192 e. The highest BCUT2D eigenvalue weighted by atomic mass is 15.0. The number of nitrogens with one attached hydrogen (secondary N) is 2. The second kappa shape index (κ2) is 5.52. The smallest absolute Gasteiger partial charge is 0.0192 e. The summed E-state index contributed by atoms with van der Waals surface area (Å²) in [5.41, 5.74) is 5.39. The lowest BCUT2D eigenvalue weighted by Crippen LogP contribution is -2.43. The summed E-state index contributed by atoms with van der Waals surface area (Å²) < 4.78 is 0. The fourth-order valence-corrected chi connectivity index (χ4v) is 1.43. The number of rotatable bonds is 4. The van der Waals surface area contributed by atoms with Crippen LogP contribution in [0.3, 0.4) is 0 Å². The highest BCUT2D eigenvalue weighted by Gasteiger charge is 2.10. The molecule has 0 radical (unpaired) electrons. The molecule has 0 saturated carbocycles. The number of nitrogens with two attached hydrogens (primary N) is 1. The van der Waals surface area contributed by atoms with Crippen molar-refractivity contribution in [3.8, 4) is 0 Å². The van der Waals surface area contributed by atoms with Crippen molar-refractivity contribution in [3.05, 3.63) is 0 Å². The Morgan fingerprint density at radius 3 is 3.09 bits per heavy atom. The van der Waals surface area contributed by atoms with Gasteiger partial charge in [0.25, 0.3) is 0 Å². The van der Waals surface area contributed by atoms with Gasteiger partial charge in [0.2, 0.25) is 0 Å². The molecule has 0 amide bonds. The Kier molecular flexibility index (Phi) is 4.50. The van der Waals surface area contributed by atoms with Crippen LogP contribution in [0.25, 0.3) is 0 Å². The minimum atomic E-state index is 0.690. The van der Waals surface area contributed by atoms with E-state index in [0.717, 1.165) is 26.1 Å². The summed E-state index contributed by atoms with van der Waals surface area (Å²) in [5, 5.41) is 6.85. The van der Waals surface area contributed by atoms with Crippen molar-refractivity contribution in [2.24, 2.45) is 5.73 Å². The quantitative estimate of drug-likeness (QED) is 0.490. The van der Waals surface area contributed by atoms with Gasteiger partial charge in [-0.2, -0.15) is 0 Å². The van der Waals surface area contributed by atoms with Crippen LogP contribution < -0.4 is 16.4 Å². The minimum Gasteiger partial charge on any atom is -0.330 e. The molecular weight excluding hydrogens is 138 g/mol. The molecule has 1 rings (SSSR count). The van der Waals surface area contributed by atoms with Crippen LogP contribution in [-0.2, 0) is 0 Å². The van der Waals surface area contributed by atoms with E-state index in [1.54, 1.807) is 0 Å². The first-order valence-corrected chi connectivity index (χ1v) is 4.57. The summed E-state index contributed by atoms with van der Waals surface area (Å²) in [6, 6.07) is 0.690. The van der Waals surface area contributed by atoms with Crippen molar-refractivity contribution in [1.29, 1.82) is 0 Å². The Labute approximate surface area is 68.7 Å². The lowest BCUT2D eigenvalue weighted by Gasteiger charge is -2.23. The first-order chi connectivity index (χ1) is 5.43. The number of hydrogen-bond acceptors (Lipinski definition) is 3. The van der Waals surface area contributed by atoms with Gasteiger partial charge in [0.1, 0.15) is 0 Å². The van der Waals surface area contributed by atoms with Crippen LogP contribution in [-0.4, -0.2) is 32.2 Å². The third kappa shape index (κ3) is 3.70. The van der Waals surface area contributed by atoms with Crippen molar-refractivity contribution >= 4 is 0 Å². The monoisotopic (exact) mass is 157 g/mol. The first kappa shape index (κ1) is 8.97. The molecule has 0 spiro atoms. The normalized spacial score (nSPS) is 25.4. The van der Waals surface area contributed by atoms with Gasteiger partial charge < -0.3 is 16.4 Å². The Hall–Kier alpha value is -0.120. The second-order valence-corrected chi connectivity index (χ2v) is 3.14. The lowest BCUT2D eigenvalue weighted by molar-refractivity contribution is 0.389. The van der Waals surface area contributed by atoms with Gasteiger partial charge in [0.15, 0.2) is 0 Å². The summed E-state index contributed by atoms with van der Waals surface area (Å²) >= 11 is 0. The van der Waals surface area contributed by atoms with E-state index in [9.17, 15) is 0 Å². The highest BCUT2D eigenvalue weighted by Crippen LogP contribution is 2.00. The van der Waals surface area contributed by atoms with Gasteiger partial charge in [-0.3, -0.25) is 0 Å². The predicted octanol–water partition coefficient (Wildman–Crippen LogP) is -0.323. The van der Waals surface area contributed by atoms with Gasteiger partial charge in [0, 0.05) is 12.6 Å². The molecule has 1 atom stereocenters. The van der Waals surface area contributed by atoms with Crippen LogP contribution >= 0.6 is 0 Å². The van der Waals surface area contributed by atoms with Crippen LogP contribution in [0.4, 0.5) is 0 Å². The average Bonchev–Trinajstić information content (AvgIpc) is 2.07. The van der Waals surface area contributed by atoms with Gasteiger partial charge in [-0.1, -0.05) is 0 Å². The third-order valence-corrected chi connectivity index (χ3v) is 2.11. The summed E-state index contributed by atoms with van der Waals surface area (Å²) in [5.74, 6) is 0. The maximum absolute atomic E-state index is 5.39. The minimum absolute atomic E-state index is 0.690. The van der Waals surface area contributed by atoms with Crippen molar-refractivity contribution in [1.82, 2.24) is 10.6 Å². The van der Waals surface area contributed by atoms with E-state index in [1.807, 2.05) is 0 Å². The molecule has 4 N–H and O–H groups in total. The zero-order chi connectivity index (χ0) is 7.94. The summed E-state index contributed by atoms with van der Waals surface area (Å²) in [7, 11) is 0. The Morgan fingerprint density at radius 2 is 2.45 bits per heavy atom. The van der Waals surface area contributed by atoms with Crippen LogP contribution in [0.5, 0.6) is 0 Å². The molecule has 1 aliphatic rings. The summed E-state index contributed by atoms with van der Waals surface area (Å²) in [4.78, 5) is 0. The zero-order valence-corrected chi connectivity index (χ0v) is 7.10. The lowest BCUT2D eigenvalue weighted by atomic mass is 10.1. The molecule has 3 nitrogen and oxygen atoms in total. The molecule has 0 unspecified atom stereocenters. The van der Waals surface area contributed by atoms with Gasteiger partial charge >= 0.3 is 0 Å². The third-order valence-electron chi connectivity index (χ3n) is 2.11. The molecule has 66 valence electrons. The van der Waals surface area contributed by atoms with E-state index in [0.29, 0.717) is 6.04 Å². The molecule has 11 heavy (non-hydrogen) atoms. The average molecular weight is 157 g/mol. The standard InChI is InChI=1S/C8H19N3/c9-4-2-6-11-8-3-1-5-10-7-8/h8,10-11H,1-7,9H2/t8-/m0/s1. The summed E-state index contributed by atoms with van der Waals surface area (Å²) in [6.07, 6.45) is 3.72. The fraction of sp³-hybridized carbons (Fsp3) is 1.00. The highest BCUT2D eigenvalue weighted by molar-refractivity contribution is 4.74.